The van der Waals surface area contributed by atoms with Crippen molar-refractivity contribution in [2.75, 3.05) is 16.6 Å². The molecule has 14 nitrogen and oxygen atoms in total. The van der Waals surface area contributed by atoms with Gasteiger partial charge in [0.05, 0.1) is 5.75 Å². The Morgan fingerprint density at radius 1 is 0.962 bits per heavy atom. The highest BCUT2D eigenvalue weighted by molar-refractivity contribution is 7.92. The van der Waals surface area contributed by atoms with Gasteiger partial charge in [-0.15, -0.1) is 0 Å². The van der Waals surface area contributed by atoms with Crippen LogP contribution in [0.4, 0.5) is 14.6 Å². The molecule has 2 aromatic carbocycles. The van der Waals surface area contributed by atoms with Gasteiger partial charge in [-0.2, -0.15) is 5.10 Å². The van der Waals surface area contributed by atoms with E-state index in [0.29, 0.717) is 36.0 Å². The predicted molar refractivity (Wildman–Crippen MR) is 188 cm³/mol. The number of carbonyl (C=O) groups excluding carboxylic acids is 2. The van der Waals surface area contributed by atoms with Crippen LogP contribution >= 0.6 is 0 Å². The highest BCUT2D eigenvalue weighted by Crippen LogP contribution is 2.35. The first-order chi connectivity index (χ1) is 25.5. The van der Waals surface area contributed by atoms with Crippen LogP contribution in [-0.2, 0) is 23.0 Å². The van der Waals surface area contributed by atoms with E-state index in [-0.39, 0.29) is 59.0 Å². The number of aromatic nitrogens is 5. The van der Waals surface area contributed by atoms with Crippen molar-refractivity contribution in [3.8, 4) is 5.75 Å². The second-order valence-electron chi connectivity index (χ2n) is 11.7. The Hall–Kier alpha value is -6.49. The van der Waals surface area contributed by atoms with E-state index in [4.69, 9.17) is 4.42 Å². The number of nitrogens with one attached hydrogen (secondary N) is 2. The lowest BCUT2D eigenvalue weighted by atomic mass is 10.1. The van der Waals surface area contributed by atoms with E-state index in [1.807, 2.05) is 0 Å². The Morgan fingerprint density at radius 3 is 2.36 bits per heavy atom. The summed E-state index contributed by atoms with van der Waals surface area (Å²) in [4.78, 5) is 36.8. The molecule has 53 heavy (non-hydrogen) atoms. The van der Waals surface area contributed by atoms with Crippen molar-refractivity contribution in [1.29, 1.82) is 0 Å². The van der Waals surface area contributed by atoms with Crippen LogP contribution in [0, 0.1) is 11.6 Å². The van der Waals surface area contributed by atoms with Gasteiger partial charge in [-0.1, -0.05) is 24.3 Å². The van der Waals surface area contributed by atoms with Gasteiger partial charge in [-0.05, 0) is 72.5 Å². The standard InChI is InChI=1S/C20H19FN4O4S.C16H12FN3O3/c21-14-7-5-13(6-8-14)12-23-20(27)17-18(26)16-15(4-3-9-22-16)19(24-17)25-10-1-2-11-30(25,28)29;17-11-3-1-10(2-4-11)7-12-5-6-15(23-12)13(21)8-14(22)16-18-9-19-20-16/h3-9,26H,1-2,10-12H2,(H,23,27);1-6,8-9,22H,7H2,(H,18,19,20)/b;14-8-. The van der Waals surface area contributed by atoms with Crippen molar-refractivity contribution in [2.24, 2.45) is 0 Å². The zero-order chi connectivity index (χ0) is 37.5. The van der Waals surface area contributed by atoms with Crippen molar-refractivity contribution < 1.29 is 41.4 Å². The van der Waals surface area contributed by atoms with Crippen LogP contribution in [-0.4, -0.2) is 67.8 Å². The fourth-order valence-corrected chi connectivity index (χ4v) is 6.95. The van der Waals surface area contributed by atoms with Crippen LogP contribution in [0.25, 0.3) is 16.7 Å². The fourth-order valence-electron chi connectivity index (χ4n) is 5.35. The Balaban J connectivity index is 0.000000188. The van der Waals surface area contributed by atoms with E-state index in [1.54, 1.807) is 30.3 Å². The van der Waals surface area contributed by atoms with Gasteiger partial charge in [0.1, 0.15) is 29.2 Å². The zero-order valence-electron chi connectivity index (χ0n) is 27.7. The maximum Gasteiger partial charge on any atom is 0.274 e. The summed E-state index contributed by atoms with van der Waals surface area (Å²) in [5.74, 6) is -1.84. The summed E-state index contributed by atoms with van der Waals surface area (Å²) in [6.07, 6.45) is 5.31. The van der Waals surface area contributed by atoms with Gasteiger partial charge in [0, 0.05) is 37.2 Å². The summed E-state index contributed by atoms with van der Waals surface area (Å²) in [5.41, 5.74) is 1.29. The second kappa shape index (κ2) is 15.8. The minimum atomic E-state index is -3.59. The van der Waals surface area contributed by atoms with Gasteiger partial charge in [0.25, 0.3) is 5.91 Å². The van der Waals surface area contributed by atoms with Gasteiger partial charge >= 0.3 is 0 Å². The minimum absolute atomic E-state index is 0.0105. The molecule has 4 N–H and O–H groups in total. The van der Waals surface area contributed by atoms with Gasteiger partial charge < -0.3 is 19.9 Å². The van der Waals surface area contributed by atoms with Crippen LogP contribution in [0.2, 0.25) is 0 Å². The number of fused-ring (bicyclic) bond motifs is 1. The number of halogens is 2. The normalized spacial score (nSPS) is 14.0. The molecule has 0 unspecified atom stereocenters. The average Bonchev–Trinajstić information content (AvgIpc) is 3.87. The summed E-state index contributed by atoms with van der Waals surface area (Å²) in [5, 5.41) is 29.3. The van der Waals surface area contributed by atoms with Gasteiger partial charge in [-0.3, -0.25) is 24.0 Å². The fraction of sp³-hybridized carbons (Fsp3) is 0.167. The first kappa shape index (κ1) is 36.3. The lowest BCUT2D eigenvalue weighted by Crippen LogP contribution is -2.39. The van der Waals surface area contributed by atoms with Crippen LogP contribution in [0.5, 0.6) is 5.75 Å². The van der Waals surface area contributed by atoms with E-state index in [9.17, 15) is 37.0 Å². The SMILES string of the molecule is O=C(/C=C(\O)c1ncn[nH]1)c1ccc(Cc2ccc(F)cc2)o1.O=C(NCc1ccc(F)cc1)c1nc(N2CCCCS2(=O)=O)c2cccnc2c1O. The van der Waals surface area contributed by atoms with E-state index in [0.717, 1.165) is 11.6 Å². The number of nitrogens with zero attached hydrogens (tertiary/aromatic N) is 5. The lowest BCUT2D eigenvalue weighted by Gasteiger charge is -2.28. The topological polar surface area (TPSA) is 204 Å². The maximum absolute atomic E-state index is 13.0. The second-order valence-corrected chi connectivity index (χ2v) is 13.7. The summed E-state index contributed by atoms with van der Waals surface area (Å²) < 4.78 is 57.7. The van der Waals surface area contributed by atoms with E-state index >= 15 is 0 Å². The van der Waals surface area contributed by atoms with Gasteiger partial charge in [0.2, 0.25) is 15.8 Å². The lowest BCUT2D eigenvalue weighted by molar-refractivity contribution is 0.0942. The number of allylic oxidation sites excluding steroid dienone is 1. The van der Waals surface area contributed by atoms with Gasteiger partial charge in [0.15, 0.2) is 34.6 Å². The molecular formula is C36H31F2N7O7S. The largest absolute Gasteiger partial charge is 0.504 e. The van der Waals surface area contributed by atoms with Crippen molar-refractivity contribution in [1.82, 2.24) is 30.5 Å². The molecule has 0 radical (unpaired) electrons. The molecule has 0 bridgehead atoms. The summed E-state index contributed by atoms with van der Waals surface area (Å²) in [6, 6.07) is 18.0. The number of ketones is 1. The smallest absolute Gasteiger partial charge is 0.274 e. The molecule has 5 heterocycles. The molecule has 1 aliphatic heterocycles. The highest BCUT2D eigenvalue weighted by Gasteiger charge is 2.31. The molecule has 7 rings (SSSR count). The molecule has 0 saturated carbocycles. The summed E-state index contributed by atoms with van der Waals surface area (Å²) in [6.45, 7) is 0.318. The molecule has 1 fully saturated rings. The Bertz CT molecular complexity index is 2380. The molecule has 6 aromatic rings. The third kappa shape index (κ3) is 8.70. The molecule has 0 aliphatic carbocycles. The quantitative estimate of drug-likeness (QED) is 0.0856. The molecule has 1 saturated heterocycles. The third-order valence-electron chi connectivity index (χ3n) is 8.00. The monoisotopic (exact) mass is 743 g/mol. The van der Waals surface area contributed by atoms with Crippen molar-refractivity contribution in [3.63, 3.8) is 0 Å². The van der Waals surface area contributed by atoms with Crippen LogP contribution in [0.1, 0.15) is 56.6 Å². The van der Waals surface area contributed by atoms with E-state index in [1.165, 1.54) is 59.3 Å². The van der Waals surface area contributed by atoms with E-state index in [2.05, 4.69) is 30.5 Å². The third-order valence-corrected chi connectivity index (χ3v) is 9.84. The number of aliphatic hydroxyl groups excluding tert-OH is 1. The van der Waals surface area contributed by atoms with Gasteiger partial charge in [-0.25, -0.2) is 27.2 Å². The number of hydrogen-bond donors (Lipinski definition) is 4. The van der Waals surface area contributed by atoms with Crippen molar-refractivity contribution >= 4 is 44.2 Å². The molecule has 4 aromatic heterocycles. The van der Waals surface area contributed by atoms with E-state index < -0.39 is 33.3 Å². The number of anilines is 1. The van der Waals surface area contributed by atoms with Crippen LogP contribution < -0.4 is 9.62 Å². The molecule has 0 spiro atoms. The first-order valence-corrected chi connectivity index (χ1v) is 17.7. The number of carbonyl (C=O) groups is 2. The number of sulfonamides is 1. The Kier molecular flexibility index (Phi) is 10.8. The Labute approximate surface area is 300 Å². The van der Waals surface area contributed by atoms with Crippen molar-refractivity contribution in [3.05, 3.63) is 137 Å². The number of H-pyrrole nitrogens is 1. The predicted octanol–water partition coefficient (Wildman–Crippen LogP) is 5.24. The molecule has 17 heteroatoms. The number of benzene rings is 2. The number of aromatic amines is 1. The van der Waals surface area contributed by atoms with Crippen molar-refractivity contribution in [2.45, 2.75) is 25.8 Å². The van der Waals surface area contributed by atoms with Crippen LogP contribution in [0.15, 0.2) is 95.8 Å². The van der Waals surface area contributed by atoms with Crippen LogP contribution in [0.3, 0.4) is 0 Å². The number of aliphatic hydroxyl groups is 1. The number of furan rings is 1. The maximum atomic E-state index is 13.0. The molecule has 1 amide bonds. The summed E-state index contributed by atoms with van der Waals surface area (Å²) in [7, 11) is -3.59. The molecule has 272 valence electrons. The number of aromatic hydroxyl groups is 1. The Morgan fingerprint density at radius 2 is 1.68 bits per heavy atom. The minimum Gasteiger partial charge on any atom is -0.504 e. The number of hydrogen-bond acceptors (Lipinski definition) is 11. The molecule has 1 aliphatic rings. The number of amides is 1. The first-order valence-electron chi connectivity index (χ1n) is 16.1. The highest BCUT2D eigenvalue weighted by atomic mass is 32.2. The molecular weight excluding hydrogens is 713 g/mol. The number of rotatable bonds is 9. The number of pyridine rings is 2. The average molecular weight is 744 g/mol. The summed E-state index contributed by atoms with van der Waals surface area (Å²) >= 11 is 0. The molecule has 0 atom stereocenters. The zero-order valence-corrected chi connectivity index (χ0v) is 28.6.